The van der Waals surface area contributed by atoms with Gasteiger partial charge in [0.25, 0.3) is 0 Å². The SMILES string of the molecule is CC(C)(C)Cc1c([SH+]C(C)(C)C)[nH]c2c(CN3CCN(CCNC(=O)CCC(=O)O)CC3)c(O)ccc12. The third kappa shape index (κ3) is 8.93. The number of rotatable bonds is 10. The highest BCUT2D eigenvalue weighted by Gasteiger charge is 2.30. The number of amides is 1. The average molecular weight is 534 g/mol. The normalized spacial score (nSPS) is 15.8. The number of benzene rings is 1. The van der Waals surface area contributed by atoms with E-state index in [0.717, 1.165) is 50.2 Å². The van der Waals surface area contributed by atoms with Gasteiger partial charge in [0.15, 0.2) is 0 Å². The lowest BCUT2D eigenvalue weighted by Crippen LogP contribution is -2.48. The summed E-state index contributed by atoms with van der Waals surface area (Å²) in [5.74, 6) is -0.837. The summed E-state index contributed by atoms with van der Waals surface area (Å²) in [5, 5.41) is 24.8. The summed E-state index contributed by atoms with van der Waals surface area (Å²) in [6.07, 6.45) is 0.854. The molecule has 0 saturated carbocycles. The highest BCUT2D eigenvalue weighted by Crippen LogP contribution is 2.37. The number of aromatic nitrogens is 1. The van der Waals surface area contributed by atoms with Gasteiger partial charge < -0.3 is 20.5 Å². The summed E-state index contributed by atoms with van der Waals surface area (Å²) < 4.78 is 0.127. The molecule has 206 valence electrons. The van der Waals surface area contributed by atoms with E-state index in [1.807, 2.05) is 6.07 Å². The molecule has 0 atom stereocenters. The Morgan fingerprint density at radius 1 is 1.00 bits per heavy atom. The fraction of sp³-hybridized carbons (Fsp3) is 0.643. The molecule has 1 amide bonds. The zero-order valence-electron chi connectivity index (χ0n) is 23.3. The molecule has 1 aliphatic heterocycles. The van der Waals surface area contributed by atoms with E-state index in [2.05, 4.69) is 67.7 Å². The Morgan fingerprint density at radius 2 is 1.65 bits per heavy atom. The lowest BCUT2D eigenvalue weighted by molar-refractivity contribution is -0.138. The number of H-pyrrole nitrogens is 1. The minimum Gasteiger partial charge on any atom is -0.508 e. The van der Waals surface area contributed by atoms with Gasteiger partial charge in [-0.2, -0.15) is 0 Å². The van der Waals surface area contributed by atoms with E-state index < -0.39 is 5.97 Å². The van der Waals surface area contributed by atoms with Crippen LogP contribution in [0.15, 0.2) is 17.2 Å². The number of nitrogens with zero attached hydrogens (tertiary/aromatic N) is 2. The number of nitrogens with one attached hydrogen (secondary N) is 2. The molecule has 1 fully saturated rings. The van der Waals surface area contributed by atoms with Crippen LogP contribution < -0.4 is 5.32 Å². The Hall–Kier alpha value is -2.23. The molecule has 0 spiro atoms. The Labute approximate surface area is 225 Å². The van der Waals surface area contributed by atoms with Crippen LogP contribution in [0.2, 0.25) is 0 Å². The van der Waals surface area contributed by atoms with Crippen LogP contribution in [-0.4, -0.2) is 80.9 Å². The van der Waals surface area contributed by atoms with Crippen molar-refractivity contribution in [3.63, 3.8) is 0 Å². The number of fused-ring (bicyclic) bond motifs is 1. The number of phenols is 1. The molecule has 2 aromatic rings. The fourth-order valence-electron chi connectivity index (χ4n) is 4.71. The minimum absolute atomic E-state index is 0.0192. The third-order valence-corrected chi connectivity index (χ3v) is 7.74. The number of carboxylic acid groups (broad SMARTS) is 1. The van der Waals surface area contributed by atoms with Crippen molar-refractivity contribution in [3.8, 4) is 5.75 Å². The number of carbonyl (C=O) groups is 2. The molecule has 0 bridgehead atoms. The number of carboxylic acids is 1. The molecule has 37 heavy (non-hydrogen) atoms. The maximum Gasteiger partial charge on any atom is 0.303 e. The Balaban J connectivity index is 1.66. The predicted octanol–water partition coefficient (Wildman–Crippen LogP) is 3.53. The number of phenolic OH excluding ortho intramolecular Hbond substituents is 1. The van der Waals surface area contributed by atoms with Crippen molar-refractivity contribution < 1.29 is 19.8 Å². The van der Waals surface area contributed by atoms with Crippen LogP contribution in [0, 0.1) is 5.41 Å². The highest BCUT2D eigenvalue weighted by molar-refractivity contribution is 7.80. The Bertz CT molecular complexity index is 1090. The number of hydrogen-bond acceptors (Lipinski definition) is 5. The molecular weight excluding hydrogens is 488 g/mol. The molecule has 0 unspecified atom stereocenters. The van der Waals surface area contributed by atoms with E-state index in [9.17, 15) is 14.7 Å². The van der Waals surface area contributed by atoms with Gasteiger partial charge in [0.1, 0.15) is 10.5 Å². The number of thiol groups is 1. The third-order valence-electron chi connectivity index (χ3n) is 6.46. The topological polar surface area (TPSA) is 109 Å². The molecule has 1 saturated heterocycles. The van der Waals surface area contributed by atoms with E-state index in [0.29, 0.717) is 18.8 Å². The monoisotopic (exact) mass is 533 g/mol. The van der Waals surface area contributed by atoms with Gasteiger partial charge >= 0.3 is 5.97 Å². The second kappa shape index (κ2) is 12.1. The second-order valence-corrected chi connectivity index (χ2v) is 14.3. The number of aromatic amines is 1. The fourth-order valence-corrected chi connectivity index (χ4v) is 5.88. The lowest BCUT2D eigenvalue weighted by Gasteiger charge is -2.34. The van der Waals surface area contributed by atoms with Gasteiger partial charge in [-0.3, -0.25) is 19.4 Å². The quantitative estimate of drug-likeness (QED) is 0.275. The van der Waals surface area contributed by atoms with E-state index >= 15 is 0 Å². The van der Waals surface area contributed by atoms with Crippen LogP contribution in [-0.2, 0) is 34.3 Å². The molecule has 0 radical (unpaired) electrons. The first-order valence-electron chi connectivity index (χ1n) is 13.2. The van der Waals surface area contributed by atoms with Gasteiger partial charge in [0, 0.05) is 80.5 Å². The minimum atomic E-state index is -0.956. The molecule has 1 aromatic heterocycles. The number of piperazine rings is 1. The van der Waals surface area contributed by atoms with Gasteiger partial charge in [-0.25, -0.2) is 0 Å². The summed E-state index contributed by atoms with van der Waals surface area (Å²) >= 11 is 1.26. The number of carbonyl (C=O) groups excluding carboxylic acids is 1. The van der Waals surface area contributed by atoms with Crippen molar-refractivity contribution >= 4 is 34.5 Å². The van der Waals surface area contributed by atoms with Crippen molar-refractivity contribution in [1.29, 1.82) is 0 Å². The van der Waals surface area contributed by atoms with Gasteiger partial charge in [-0.15, -0.1) is 0 Å². The van der Waals surface area contributed by atoms with Gasteiger partial charge in [0.05, 0.1) is 11.9 Å². The summed E-state index contributed by atoms with van der Waals surface area (Å²) in [5.41, 5.74) is 3.52. The van der Waals surface area contributed by atoms with Gasteiger partial charge in [-0.05, 0) is 44.7 Å². The van der Waals surface area contributed by atoms with Crippen molar-refractivity contribution in [1.82, 2.24) is 20.1 Å². The first kappa shape index (κ1) is 29.3. The number of aliphatic carboxylic acids is 1. The molecule has 1 aromatic carbocycles. The second-order valence-electron chi connectivity index (χ2n) is 12.3. The largest absolute Gasteiger partial charge is 0.508 e. The average Bonchev–Trinajstić information content (AvgIpc) is 3.09. The number of hydrogen-bond donors (Lipinski definition) is 4. The van der Waals surface area contributed by atoms with Crippen LogP contribution >= 0.6 is 0 Å². The zero-order chi connectivity index (χ0) is 27.4. The van der Waals surface area contributed by atoms with Crippen LogP contribution in [0.3, 0.4) is 0 Å². The van der Waals surface area contributed by atoms with Gasteiger partial charge in [-0.1, -0.05) is 20.8 Å². The number of aromatic hydroxyl groups is 1. The Kier molecular flexibility index (Phi) is 9.58. The lowest BCUT2D eigenvalue weighted by atomic mass is 9.88. The molecule has 9 heteroatoms. The van der Waals surface area contributed by atoms with Crippen LogP contribution in [0.1, 0.15) is 65.5 Å². The molecule has 2 heterocycles. The van der Waals surface area contributed by atoms with Crippen LogP contribution in [0.4, 0.5) is 0 Å². The highest BCUT2D eigenvalue weighted by atomic mass is 32.2. The maximum absolute atomic E-state index is 11.7. The molecule has 1 aliphatic rings. The van der Waals surface area contributed by atoms with E-state index in [-0.39, 0.29) is 28.9 Å². The zero-order valence-corrected chi connectivity index (χ0v) is 24.2. The predicted molar refractivity (Wildman–Crippen MR) is 151 cm³/mol. The van der Waals surface area contributed by atoms with E-state index in [1.165, 1.54) is 27.7 Å². The smallest absolute Gasteiger partial charge is 0.303 e. The van der Waals surface area contributed by atoms with Crippen molar-refractivity contribution in [2.45, 2.75) is 77.1 Å². The van der Waals surface area contributed by atoms with Crippen molar-refractivity contribution in [3.05, 3.63) is 23.3 Å². The Morgan fingerprint density at radius 3 is 2.24 bits per heavy atom. The standard InChI is InChI=1S/C28H44N4O4S/c1-27(2,3)17-20-19-7-8-22(33)21(25(19)30-26(20)37-28(4,5)6)18-32-15-13-31(14-16-32)12-11-29-23(34)9-10-24(35)36/h7-8,30,33H,9-18H2,1-6H3,(H,29,34)(H,35,36)/p+1. The first-order chi connectivity index (χ1) is 17.2. The molecule has 0 aliphatic carbocycles. The van der Waals surface area contributed by atoms with Crippen molar-refractivity contribution in [2.24, 2.45) is 5.41 Å². The summed E-state index contributed by atoms with van der Waals surface area (Å²) in [6.45, 7) is 19.0. The molecular formula is C28H45N4O4S+. The van der Waals surface area contributed by atoms with E-state index in [4.69, 9.17) is 5.11 Å². The van der Waals surface area contributed by atoms with Crippen LogP contribution in [0.25, 0.3) is 10.9 Å². The van der Waals surface area contributed by atoms with E-state index in [1.54, 1.807) is 0 Å². The van der Waals surface area contributed by atoms with Crippen LogP contribution in [0.5, 0.6) is 5.75 Å². The summed E-state index contributed by atoms with van der Waals surface area (Å²) in [6, 6.07) is 3.91. The van der Waals surface area contributed by atoms with Crippen molar-refractivity contribution in [2.75, 3.05) is 39.3 Å². The first-order valence-corrected chi connectivity index (χ1v) is 14.1. The molecule has 4 N–H and O–H groups in total. The molecule has 3 rings (SSSR count). The van der Waals surface area contributed by atoms with Gasteiger partial charge in [0.2, 0.25) is 10.9 Å². The summed E-state index contributed by atoms with van der Waals surface area (Å²) in [7, 11) is 0. The summed E-state index contributed by atoms with van der Waals surface area (Å²) in [4.78, 5) is 30.7. The molecule has 8 nitrogen and oxygen atoms in total. The maximum atomic E-state index is 11.7.